The van der Waals surface area contributed by atoms with E-state index in [0.717, 1.165) is 22.3 Å². The molecule has 0 radical (unpaired) electrons. The molecule has 0 aliphatic rings. The normalized spacial score (nSPS) is 12.7. The third kappa shape index (κ3) is 2.95. The van der Waals surface area contributed by atoms with Gasteiger partial charge in [-0.2, -0.15) is 5.10 Å². The summed E-state index contributed by atoms with van der Waals surface area (Å²) >= 11 is 15.8. The summed E-state index contributed by atoms with van der Waals surface area (Å²) in [5.41, 5.74) is 4.49. The summed E-state index contributed by atoms with van der Waals surface area (Å²) < 4.78 is 2.72. The molecular weight excluding hydrogens is 351 g/mol. The summed E-state index contributed by atoms with van der Waals surface area (Å²) in [5, 5.41) is 5.49. The van der Waals surface area contributed by atoms with Gasteiger partial charge in [0.2, 0.25) is 0 Å². The monoisotopic (exact) mass is 362 g/mol. The number of hydrogen-bond donors (Lipinski definition) is 2. The minimum atomic E-state index is -0.289. The lowest BCUT2D eigenvalue weighted by atomic mass is 10.0. The maximum Gasteiger partial charge on any atom is 0.0904 e. The molecule has 2 aromatic rings. The maximum absolute atomic E-state index is 6.24. The van der Waals surface area contributed by atoms with Crippen LogP contribution < -0.4 is 11.3 Å². The Morgan fingerprint density at radius 2 is 2.21 bits per heavy atom. The van der Waals surface area contributed by atoms with Crippen molar-refractivity contribution < 1.29 is 0 Å². The second-order valence-electron chi connectivity index (χ2n) is 3.96. The van der Waals surface area contributed by atoms with Crippen molar-refractivity contribution in [2.24, 2.45) is 5.84 Å². The first-order valence-corrected chi connectivity index (χ1v) is 7.25. The van der Waals surface area contributed by atoms with Crippen molar-refractivity contribution in [3.05, 3.63) is 50.2 Å². The van der Waals surface area contributed by atoms with Crippen LogP contribution in [-0.2, 0) is 6.54 Å². The highest BCUT2D eigenvalue weighted by molar-refractivity contribution is 9.10. The second kappa shape index (κ2) is 6.24. The van der Waals surface area contributed by atoms with Crippen LogP contribution >= 0.6 is 39.1 Å². The van der Waals surface area contributed by atoms with E-state index < -0.39 is 0 Å². The first-order chi connectivity index (χ1) is 9.08. The Morgan fingerprint density at radius 3 is 2.84 bits per heavy atom. The summed E-state index contributed by atoms with van der Waals surface area (Å²) in [6.45, 7) is 2.74. The van der Waals surface area contributed by atoms with E-state index in [1.165, 1.54) is 0 Å². The number of nitrogens with one attached hydrogen (secondary N) is 1. The first kappa shape index (κ1) is 14.8. The number of aryl methyl sites for hydroxylation is 1. The molecule has 1 heterocycles. The predicted octanol–water partition coefficient (Wildman–Crippen LogP) is 3.53. The third-order valence-electron chi connectivity index (χ3n) is 2.84. The molecule has 0 saturated heterocycles. The molecule has 1 aromatic carbocycles. The fraction of sp³-hybridized carbons (Fsp3) is 0.250. The van der Waals surface area contributed by atoms with E-state index in [1.54, 1.807) is 24.4 Å². The molecule has 7 heteroatoms. The number of hydrazine groups is 1. The Kier molecular flexibility index (Phi) is 4.86. The van der Waals surface area contributed by atoms with Gasteiger partial charge in [-0.25, -0.2) is 5.43 Å². The topological polar surface area (TPSA) is 55.9 Å². The fourth-order valence-corrected chi connectivity index (χ4v) is 2.90. The Bertz CT molecular complexity index is 585. The zero-order chi connectivity index (χ0) is 14.0. The van der Waals surface area contributed by atoms with Gasteiger partial charge in [0, 0.05) is 16.6 Å². The number of halogens is 3. The first-order valence-electron chi connectivity index (χ1n) is 5.70. The minimum Gasteiger partial charge on any atom is -0.271 e. The molecule has 2 rings (SSSR count). The third-order valence-corrected chi connectivity index (χ3v) is 4.03. The lowest BCUT2D eigenvalue weighted by Gasteiger charge is -2.20. The van der Waals surface area contributed by atoms with Crippen molar-refractivity contribution >= 4 is 39.1 Å². The predicted molar refractivity (Wildman–Crippen MR) is 81.2 cm³/mol. The van der Waals surface area contributed by atoms with Gasteiger partial charge < -0.3 is 0 Å². The molecule has 0 aliphatic heterocycles. The largest absolute Gasteiger partial charge is 0.271 e. The van der Waals surface area contributed by atoms with E-state index in [4.69, 9.17) is 29.0 Å². The SMILES string of the molecule is CCn1ncc(Br)c1C(NN)c1cc(Cl)ccc1Cl. The lowest BCUT2D eigenvalue weighted by Crippen LogP contribution is -2.31. The summed E-state index contributed by atoms with van der Waals surface area (Å²) in [5.74, 6) is 5.69. The fourth-order valence-electron chi connectivity index (χ4n) is 1.96. The van der Waals surface area contributed by atoms with Crippen molar-refractivity contribution in [1.82, 2.24) is 15.2 Å². The molecule has 3 N–H and O–H groups in total. The standard InChI is InChI=1S/C12H13BrCl2N4/c1-2-19-12(9(13)6-17-19)11(18-16)8-5-7(14)3-4-10(8)15/h3-6,11,18H,2,16H2,1H3. The highest BCUT2D eigenvalue weighted by Gasteiger charge is 2.22. The molecule has 4 nitrogen and oxygen atoms in total. The Balaban J connectivity index is 2.56. The average Bonchev–Trinajstić information content (AvgIpc) is 2.76. The highest BCUT2D eigenvalue weighted by atomic mass is 79.9. The average molecular weight is 364 g/mol. The van der Waals surface area contributed by atoms with Gasteiger partial charge in [-0.05, 0) is 46.6 Å². The highest BCUT2D eigenvalue weighted by Crippen LogP contribution is 2.33. The molecule has 0 amide bonds. The van der Waals surface area contributed by atoms with E-state index in [0.29, 0.717) is 10.0 Å². The Hall–Kier alpha value is -0.590. The van der Waals surface area contributed by atoms with Gasteiger partial charge in [-0.1, -0.05) is 23.2 Å². The smallest absolute Gasteiger partial charge is 0.0904 e. The number of hydrogen-bond acceptors (Lipinski definition) is 3. The van der Waals surface area contributed by atoms with Crippen LogP contribution in [0.3, 0.4) is 0 Å². The van der Waals surface area contributed by atoms with Crippen molar-refractivity contribution in [2.45, 2.75) is 19.5 Å². The molecule has 1 aromatic heterocycles. The van der Waals surface area contributed by atoms with Gasteiger partial charge >= 0.3 is 0 Å². The zero-order valence-electron chi connectivity index (χ0n) is 10.2. The summed E-state index contributed by atoms with van der Waals surface area (Å²) in [6.07, 6.45) is 1.74. The van der Waals surface area contributed by atoms with Crippen molar-refractivity contribution in [3.8, 4) is 0 Å². The van der Waals surface area contributed by atoms with Crippen molar-refractivity contribution in [1.29, 1.82) is 0 Å². The van der Waals surface area contributed by atoms with Crippen LogP contribution in [0, 0.1) is 0 Å². The van der Waals surface area contributed by atoms with Crippen LogP contribution in [-0.4, -0.2) is 9.78 Å². The van der Waals surface area contributed by atoms with E-state index in [1.807, 2.05) is 11.6 Å². The van der Waals surface area contributed by atoms with Crippen molar-refractivity contribution in [2.75, 3.05) is 0 Å². The maximum atomic E-state index is 6.24. The van der Waals surface area contributed by atoms with E-state index in [-0.39, 0.29) is 6.04 Å². The molecular formula is C12H13BrCl2N4. The van der Waals surface area contributed by atoms with Crippen LogP contribution in [0.2, 0.25) is 10.0 Å². The molecule has 1 atom stereocenters. The van der Waals surface area contributed by atoms with Gasteiger partial charge in [-0.15, -0.1) is 0 Å². The van der Waals surface area contributed by atoms with Gasteiger partial charge in [-0.3, -0.25) is 10.5 Å². The Morgan fingerprint density at radius 1 is 1.47 bits per heavy atom. The van der Waals surface area contributed by atoms with Crippen LogP contribution in [0.4, 0.5) is 0 Å². The molecule has 0 aliphatic carbocycles. The van der Waals surface area contributed by atoms with E-state index in [9.17, 15) is 0 Å². The molecule has 0 fully saturated rings. The lowest BCUT2D eigenvalue weighted by molar-refractivity contribution is 0.542. The van der Waals surface area contributed by atoms with Crippen LogP contribution in [0.5, 0.6) is 0 Å². The number of nitrogens with zero attached hydrogens (tertiary/aromatic N) is 2. The van der Waals surface area contributed by atoms with Crippen molar-refractivity contribution in [3.63, 3.8) is 0 Å². The summed E-state index contributed by atoms with van der Waals surface area (Å²) in [4.78, 5) is 0. The van der Waals surface area contributed by atoms with Gasteiger partial charge in [0.1, 0.15) is 0 Å². The van der Waals surface area contributed by atoms with Crippen LogP contribution in [0.15, 0.2) is 28.9 Å². The molecule has 102 valence electrons. The van der Waals surface area contributed by atoms with Gasteiger partial charge in [0.25, 0.3) is 0 Å². The van der Waals surface area contributed by atoms with Crippen LogP contribution in [0.1, 0.15) is 24.2 Å². The quantitative estimate of drug-likeness (QED) is 0.645. The number of nitrogens with two attached hydrogens (primary N) is 1. The molecule has 19 heavy (non-hydrogen) atoms. The minimum absolute atomic E-state index is 0.289. The summed E-state index contributed by atoms with van der Waals surface area (Å²) in [6, 6.07) is 5.01. The molecule has 1 unspecified atom stereocenters. The summed E-state index contributed by atoms with van der Waals surface area (Å²) in [7, 11) is 0. The van der Waals surface area contributed by atoms with Crippen LogP contribution in [0.25, 0.3) is 0 Å². The van der Waals surface area contributed by atoms with Gasteiger partial charge in [0.05, 0.1) is 22.4 Å². The Labute approximate surface area is 130 Å². The van der Waals surface area contributed by atoms with Gasteiger partial charge in [0.15, 0.2) is 0 Å². The zero-order valence-corrected chi connectivity index (χ0v) is 13.3. The number of rotatable bonds is 4. The molecule has 0 spiro atoms. The number of benzene rings is 1. The number of aromatic nitrogens is 2. The molecule has 0 bridgehead atoms. The van der Waals surface area contributed by atoms with E-state index in [2.05, 4.69) is 26.5 Å². The van der Waals surface area contributed by atoms with E-state index >= 15 is 0 Å². The second-order valence-corrected chi connectivity index (χ2v) is 5.66. The molecule has 0 saturated carbocycles.